The summed E-state index contributed by atoms with van der Waals surface area (Å²) in [6.07, 6.45) is 3.67. The van der Waals surface area contributed by atoms with E-state index >= 15 is 0 Å². The quantitative estimate of drug-likeness (QED) is 0.915. The van der Waals surface area contributed by atoms with Crippen molar-refractivity contribution in [2.45, 2.75) is 46.6 Å². The van der Waals surface area contributed by atoms with Gasteiger partial charge in [0.1, 0.15) is 5.82 Å². The fourth-order valence-corrected chi connectivity index (χ4v) is 2.45. The van der Waals surface area contributed by atoms with Gasteiger partial charge in [-0.15, -0.1) is 0 Å². The van der Waals surface area contributed by atoms with E-state index in [1.165, 1.54) is 0 Å². The zero-order chi connectivity index (χ0) is 15.4. The second-order valence-corrected chi connectivity index (χ2v) is 5.17. The largest absolute Gasteiger partial charge is 0.307 e. The predicted octanol–water partition coefficient (Wildman–Crippen LogP) is 3.51. The van der Waals surface area contributed by atoms with E-state index in [0.29, 0.717) is 11.6 Å². The molecule has 0 spiro atoms. The predicted molar refractivity (Wildman–Crippen MR) is 83.5 cm³/mol. The molecule has 2 heterocycles. The highest BCUT2D eigenvalue weighted by Crippen LogP contribution is 2.21. The number of anilines is 1. The second-order valence-electron chi connectivity index (χ2n) is 5.17. The zero-order valence-corrected chi connectivity index (χ0v) is 13.1. The van der Waals surface area contributed by atoms with Gasteiger partial charge in [0.05, 0.1) is 23.5 Å². The molecule has 0 aliphatic carbocycles. The van der Waals surface area contributed by atoms with Gasteiger partial charge in [-0.2, -0.15) is 5.10 Å². The van der Waals surface area contributed by atoms with Crippen molar-refractivity contribution in [3.8, 4) is 0 Å². The number of carbonyl (C=O) groups excluding carboxylic acids is 1. The van der Waals surface area contributed by atoms with Crippen molar-refractivity contribution in [2.24, 2.45) is 0 Å². The molecule has 0 aromatic carbocycles. The van der Waals surface area contributed by atoms with Crippen molar-refractivity contribution in [1.29, 1.82) is 0 Å². The van der Waals surface area contributed by atoms with Crippen LogP contribution in [-0.4, -0.2) is 20.7 Å². The van der Waals surface area contributed by atoms with Gasteiger partial charge >= 0.3 is 0 Å². The lowest BCUT2D eigenvalue weighted by Crippen LogP contribution is -2.19. The third kappa shape index (κ3) is 3.29. The Morgan fingerprint density at radius 2 is 1.95 bits per heavy atom. The Balaban J connectivity index is 2.22. The topological polar surface area (TPSA) is 59.8 Å². The van der Waals surface area contributed by atoms with Crippen molar-refractivity contribution < 1.29 is 4.79 Å². The molecule has 112 valence electrons. The van der Waals surface area contributed by atoms with E-state index in [4.69, 9.17) is 0 Å². The van der Waals surface area contributed by atoms with Crippen LogP contribution < -0.4 is 5.32 Å². The van der Waals surface area contributed by atoms with E-state index in [-0.39, 0.29) is 5.91 Å². The number of amides is 1. The molecule has 2 aromatic rings. The van der Waals surface area contributed by atoms with Gasteiger partial charge in [-0.1, -0.05) is 13.8 Å². The summed E-state index contributed by atoms with van der Waals surface area (Å²) in [7, 11) is 0. The summed E-state index contributed by atoms with van der Waals surface area (Å²) in [6, 6.07) is 5.78. The van der Waals surface area contributed by atoms with E-state index < -0.39 is 0 Å². The molecule has 0 atom stereocenters. The number of aromatic nitrogens is 3. The van der Waals surface area contributed by atoms with E-state index in [0.717, 1.165) is 30.0 Å². The maximum absolute atomic E-state index is 12.4. The van der Waals surface area contributed by atoms with Gasteiger partial charge in [0, 0.05) is 11.8 Å². The molecular weight excluding hydrogens is 264 g/mol. The van der Waals surface area contributed by atoms with Gasteiger partial charge in [0.15, 0.2) is 0 Å². The molecule has 2 aromatic heterocycles. The lowest BCUT2D eigenvalue weighted by atomic mass is 10.1. The molecule has 0 saturated carbocycles. The summed E-state index contributed by atoms with van der Waals surface area (Å²) >= 11 is 0. The Labute approximate surface area is 125 Å². The Morgan fingerprint density at radius 1 is 1.24 bits per heavy atom. The fraction of sp³-hybridized carbons (Fsp3) is 0.438. The Hall–Kier alpha value is -2.17. The summed E-state index contributed by atoms with van der Waals surface area (Å²) in [4.78, 5) is 16.7. The average molecular weight is 286 g/mol. The SMILES string of the molecule is CCC(CC)n1nccc1NC(=O)c1ccc(C)nc1C. The number of hydrogen-bond acceptors (Lipinski definition) is 3. The molecule has 21 heavy (non-hydrogen) atoms. The third-order valence-corrected chi connectivity index (χ3v) is 3.67. The highest BCUT2D eigenvalue weighted by atomic mass is 16.1. The summed E-state index contributed by atoms with van der Waals surface area (Å²) in [5.41, 5.74) is 2.24. The number of carbonyl (C=O) groups is 1. The molecule has 2 rings (SSSR count). The van der Waals surface area contributed by atoms with Crippen molar-refractivity contribution in [3.05, 3.63) is 41.3 Å². The van der Waals surface area contributed by atoms with Crippen LogP contribution in [0.3, 0.4) is 0 Å². The highest BCUT2D eigenvalue weighted by molar-refractivity contribution is 6.04. The lowest BCUT2D eigenvalue weighted by Gasteiger charge is -2.17. The van der Waals surface area contributed by atoms with Crippen LogP contribution in [0.2, 0.25) is 0 Å². The minimum absolute atomic E-state index is 0.146. The third-order valence-electron chi connectivity index (χ3n) is 3.67. The van der Waals surface area contributed by atoms with Gasteiger partial charge in [-0.05, 0) is 38.8 Å². The van der Waals surface area contributed by atoms with Gasteiger partial charge in [-0.25, -0.2) is 4.68 Å². The van der Waals surface area contributed by atoms with Crippen LogP contribution in [0.4, 0.5) is 5.82 Å². The maximum Gasteiger partial charge on any atom is 0.258 e. The van der Waals surface area contributed by atoms with Crippen molar-refractivity contribution in [2.75, 3.05) is 5.32 Å². The molecule has 5 heteroatoms. The monoisotopic (exact) mass is 286 g/mol. The van der Waals surface area contributed by atoms with E-state index in [1.807, 2.05) is 36.7 Å². The number of nitrogens with one attached hydrogen (secondary N) is 1. The molecule has 0 saturated heterocycles. The summed E-state index contributed by atoms with van der Waals surface area (Å²) in [5.74, 6) is 0.585. The Morgan fingerprint density at radius 3 is 2.57 bits per heavy atom. The highest BCUT2D eigenvalue weighted by Gasteiger charge is 2.15. The second kappa shape index (κ2) is 6.52. The molecule has 0 radical (unpaired) electrons. The van der Waals surface area contributed by atoms with Crippen molar-refractivity contribution in [1.82, 2.24) is 14.8 Å². The Bertz CT molecular complexity index is 629. The molecule has 1 amide bonds. The van der Waals surface area contributed by atoms with Crippen molar-refractivity contribution >= 4 is 11.7 Å². The molecular formula is C16H22N4O. The first-order valence-corrected chi connectivity index (χ1v) is 7.35. The number of rotatable bonds is 5. The molecule has 1 N–H and O–H groups in total. The van der Waals surface area contributed by atoms with Crippen LogP contribution in [0.25, 0.3) is 0 Å². The Kier molecular flexibility index (Phi) is 4.73. The van der Waals surface area contributed by atoms with Gasteiger partial charge in [0.2, 0.25) is 0 Å². The first kappa shape index (κ1) is 15.2. The van der Waals surface area contributed by atoms with Crippen LogP contribution in [0.1, 0.15) is 54.5 Å². The van der Waals surface area contributed by atoms with Gasteiger partial charge < -0.3 is 5.32 Å². The first-order chi connectivity index (χ1) is 10.1. The van der Waals surface area contributed by atoms with E-state index in [2.05, 4.69) is 29.2 Å². The molecule has 0 aliphatic heterocycles. The minimum Gasteiger partial charge on any atom is -0.307 e. The molecule has 0 unspecified atom stereocenters. The number of pyridine rings is 1. The fourth-order valence-electron chi connectivity index (χ4n) is 2.45. The molecule has 0 aliphatic rings. The molecule has 0 bridgehead atoms. The summed E-state index contributed by atoms with van der Waals surface area (Å²) < 4.78 is 1.88. The summed E-state index contributed by atoms with van der Waals surface area (Å²) in [6.45, 7) is 8.00. The average Bonchev–Trinajstić information content (AvgIpc) is 2.88. The molecule has 0 fully saturated rings. The number of aryl methyl sites for hydroxylation is 2. The van der Waals surface area contributed by atoms with Crippen LogP contribution in [0.15, 0.2) is 24.4 Å². The standard InChI is InChI=1S/C16H22N4O/c1-5-13(6-2)20-15(9-10-17-20)19-16(21)14-8-7-11(3)18-12(14)4/h7-10,13H,5-6H2,1-4H3,(H,19,21). The van der Waals surface area contributed by atoms with Crippen LogP contribution in [0, 0.1) is 13.8 Å². The molecule has 5 nitrogen and oxygen atoms in total. The van der Waals surface area contributed by atoms with E-state index in [9.17, 15) is 4.79 Å². The first-order valence-electron chi connectivity index (χ1n) is 7.35. The van der Waals surface area contributed by atoms with E-state index in [1.54, 1.807) is 6.20 Å². The van der Waals surface area contributed by atoms with Crippen LogP contribution >= 0.6 is 0 Å². The minimum atomic E-state index is -0.146. The smallest absolute Gasteiger partial charge is 0.258 e. The summed E-state index contributed by atoms with van der Waals surface area (Å²) in [5, 5.41) is 7.27. The number of hydrogen-bond donors (Lipinski definition) is 1. The van der Waals surface area contributed by atoms with Crippen LogP contribution in [-0.2, 0) is 0 Å². The van der Waals surface area contributed by atoms with Crippen LogP contribution in [0.5, 0.6) is 0 Å². The van der Waals surface area contributed by atoms with Gasteiger partial charge in [0.25, 0.3) is 5.91 Å². The maximum atomic E-state index is 12.4. The van der Waals surface area contributed by atoms with Gasteiger partial charge in [-0.3, -0.25) is 9.78 Å². The lowest BCUT2D eigenvalue weighted by molar-refractivity contribution is 0.102. The zero-order valence-electron chi connectivity index (χ0n) is 13.1. The number of nitrogens with zero attached hydrogens (tertiary/aromatic N) is 3. The normalized spacial score (nSPS) is 10.9. The van der Waals surface area contributed by atoms with Crippen molar-refractivity contribution in [3.63, 3.8) is 0 Å².